The highest BCUT2D eigenvalue weighted by molar-refractivity contribution is 5.78. The van der Waals surface area contributed by atoms with E-state index in [2.05, 4.69) is 31.0 Å². The maximum Gasteiger partial charge on any atom is 0.234 e. The van der Waals surface area contributed by atoms with Crippen LogP contribution in [0.4, 0.5) is 0 Å². The van der Waals surface area contributed by atoms with Crippen molar-refractivity contribution in [2.75, 3.05) is 39.4 Å². The Kier molecular flexibility index (Phi) is 6.16. The lowest BCUT2D eigenvalue weighted by Gasteiger charge is -2.26. The van der Waals surface area contributed by atoms with E-state index in [-0.39, 0.29) is 17.9 Å². The van der Waals surface area contributed by atoms with Gasteiger partial charge >= 0.3 is 0 Å². The monoisotopic (exact) mass is 320 g/mol. The fraction of sp³-hybridized carbons (Fsp3) is 0.611. The smallest absolute Gasteiger partial charge is 0.234 e. The summed E-state index contributed by atoms with van der Waals surface area (Å²) in [7, 11) is 0. The number of rotatable bonds is 5. The molecule has 2 N–H and O–H groups in total. The topological polar surface area (TPSA) is 61.8 Å². The van der Waals surface area contributed by atoms with E-state index in [0.717, 1.165) is 18.7 Å². The first kappa shape index (κ1) is 17.9. The van der Waals surface area contributed by atoms with Crippen molar-refractivity contribution >= 4 is 5.91 Å². The molecule has 0 radical (unpaired) electrons. The molecule has 0 aromatic heterocycles. The fourth-order valence-electron chi connectivity index (χ4n) is 2.55. The summed E-state index contributed by atoms with van der Waals surface area (Å²) in [6.45, 7) is 9.98. The number of aliphatic hydroxyl groups excluding tert-OH is 1. The third kappa shape index (κ3) is 5.61. The lowest BCUT2D eigenvalue weighted by atomic mass is 9.86. The molecule has 1 unspecified atom stereocenters. The first-order valence-electron chi connectivity index (χ1n) is 8.21. The van der Waals surface area contributed by atoms with E-state index in [4.69, 9.17) is 4.74 Å². The highest BCUT2D eigenvalue weighted by Gasteiger charge is 2.17. The predicted molar refractivity (Wildman–Crippen MR) is 90.4 cm³/mol. The summed E-state index contributed by atoms with van der Waals surface area (Å²) in [6, 6.07) is 7.93. The van der Waals surface area contributed by atoms with Gasteiger partial charge in [0.05, 0.1) is 25.9 Å². The van der Waals surface area contributed by atoms with Gasteiger partial charge in [-0.05, 0) is 16.5 Å². The second-order valence-electron chi connectivity index (χ2n) is 7.08. The number of carbonyl (C=O) groups excluding carboxylic acids is 1. The van der Waals surface area contributed by atoms with Gasteiger partial charge in [0.1, 0.15) is 0 Å². The average Bonchev–Trinajstić information content (AvgIpc) is 2.53. The molecule has 1 saturated heterocycles. The zero-order valence-corrected chi connectivity index (χ0v) is 14.3. The summed E-state index contributed by atoms with van der Waals surface area (Å²) in [5.74, 6) is -0.0581. The number of hydrogen-bond acceptors (Lipinski definition) is 4. The van der Waals surface area contributed by atoms with Crippen LogP contribution in [0.25, 0.3) is 0 Å². The number of aliphatic hydroxyl groups is 1. The Bertz CT molecular complexity index is 502. The van der Waals surface area contributed by atoms with Gasteiger partial charge in [-0.2, -0.15) is 0 Å². The third-order valence-corrected chi connectivity index (χ3v) is 4.12. The van der Waals surface area contributed by atoms with Crippen LogP contribution < -0.4 is 5.32 Å². The molecule has 0 bridgehead atoms. The van der Waals surface area contributed by atoms with Crippen molar-refractivity contribution in [3.8, 4) is 0 Å². The highest BCUT2D eigenvalue weighted by atomic mass is 16.5. The molecule has 0 spiro atoms. The van der Waals surface area contributed by atoms with E-state index in [9.17, 15) is 9.90 Å². The van der Waals surface area contributed by atoms with Crippen molar-refractivity contribution in [3.63, 3.8) is 0 Å². The number of nitrogens with one attached hydrogen (secondary N) is 1. The van der Waals surface area contributed by atoms with E-state index < -0.39 is 6.10 Å². The van der Waals surface area contributed by atoms with Gasteiger partial charge in [0.2, 0.25) is 5.91 Å². The molecule has 1 heterocycles. The first-order valence-corrected chi connectivity index (χ1v) is 8.21. The molecule has 1 aromatic rings. The summed E-state index contributed by atoms with van der Waals surface area (Å²) in [5.41, 5.74) is 2.14. The number of benzene rings is 1. The lowest BCUT2D eigenvalue weighted by molar-refractivity contribution is -0.123. The standard InChI is InChI=1S/C18H28N2O3/c1-18(2,3)15-6-4-14(5-7-15)16(21)12-19-17(22)13-20-8-10-23-11-9-20/h4-7,16,21H,8-13H2,1-3H3,(H,19,22). The Labute approximate surface area is 138 Å². The van der Waals surface area contributed by atoms with Gasteiger partial charge in [-0.3, -0.25) is 9.69 Å². The molecule has 0 aliphatic carbocycles. The summed E-state index contributed by atoms with van der Waals surface area (Å²) < 4.78 is 5.26. The molecule has 0 saturated carbocycles. The van der Waals surface area contributed by atoms with Gasteiger partial charge in [-0.1, -0.05) is 45.0 Å². The average molecular weight is 320 g/mol. The molecule has 5 heteroatoms. The Morgan fingerprint density at radius 1 is 1.26 bits per heavy atom. The molecular weight excluding hydrogens is 292 g/mol. The normalized spacial score (nSPS) is 17.7. The van der Waals surface area contributed by atoms with Gasteiger partial charge in [0.25, 0.3) is 0 Å². The number of morpholine rings is 1. The Morgan fingerprint density at radius 3 is 2.43 bits per heavy atom. The van der Waals surface area contributed by atoms with E-state index in [1.165, 1.54) is 5.56 Å². The molecule has 1 atom stereocenters. The predicted octanol–water partition coefficient (Wildman–Crippen LogP) is 1.47. The van der Waals surface area contributed by atoms with Crippen LogP contribution in [0.5, 0.6) is 0 Å². The maximum absolute atomic E-state index is 11.9. The molecule has 1 aliphatic heterocycles. The maximum atomic E-state index is 11.9. The number of hydrogen-bond donors (Lipinski definition) is 2. The van der Waals surface area contributed by atoms with Crippen molar-refractivity contribution in [1.82, 2.24) is 10.2 Å². The molecule has 1 fully saturated rings. The Morgan fingerprint density at radius 2 is 1.87 bits per heavy atom. The fourth-order valence-corrected chi connectivity index (χ4v) is 2.55. The van der Waals surface area contributed by atoms with E-state index in [1.807, 2.05) is 24.3 Å². The molecule has 1 aromatic carbocycles. The molecule has 128 valence electrons. The molecule has 23 heavy (non-hydrogen) atoms. The van der Waals surface area contributed by atoms with Crippen LogP contribution in [0.15, 0.2) is 24.3 Å². The third-order valence-electron chi connectivity index (χ3n) is 4.12. The molecular formula is C18H28N2O3. The van der Waals surface area contributed by atoms with E-state index >= 15 is 0 Å². The minimum atomic E-state index is -0.683. The van der Waals surface area contributed by atoms with Crippen molar-refractivity contribution in [3.05, 3.63) is 35.4 Å². The summed E-state index contributed by atoms with van der Waals surface area (Å²) in [4.78, 5) is 14.0. The van der Waals surface area contributed by atoms with Gasteiger partial charge in [0, 0.05) is 19.6 Å². The van der Waals surface area contributed by atoms with Crippen molar-refractivity contribution in [2.45, 2.75) is 32.3 Å². The van der Waals surface area contributed by atoms with Crippen LogP contribution in [0.1, 0.15) is 38.0 Å². The molecule has 1 amide bonds. The molecule has 2 rings (SSSR count). The summed E-state index contributed by atoms with van der Waals surface area (Å²) >= 11 is 0. The second kappa shape index (κ2) is 7.90. The number of amides is 1. The SMILES string of the molecule is CC(C)(C)c1ccc(C(O)CNC(=O)CN2CCOCC2)cc1. The lowest BCUT2D eigenvalue weighted by Crippen LogP contribution is -2.43. The number of ether oxygens (including phenoxy) is 1. The summed E-state index contributed by atoms with van der Waals surface area (Å²) in [5, 5.41) is 13.0. The van der Waals surface area contributed by atoms with Crippen LogP contribution in [0.2, 0.25) is 0 Å². The van der Waals surface area contributed by atoms with Crippen LogP contribution in [0.3, 0.4) is 0 Å². The molecule has 1 aliphatic rings. The van der Waals surface area contributed by atoms with Gasteiger partial charge in [0.15, 0.2) is 0 Å². The van der Waals surface area contributed by atoms with E-state index in [1.54, 1.807) is 0 Å². The van der Waals surface area contributed by atoms with Crippen LogP contribution in [0, 0.1) is 0 Å². The summed E-state index contributed by atoms with van der Waals surface area (Å²) in [6.07, 6.45) is -0.683. The molecule has 5 nitrogen and oxygen atoms in total. The van der Waals surface area contributed by atoms with Crippen molar-refractivity contribution in [1.29, 1.82) is 0 Å². The van der Waals surface area contributed by atoms with E-state index in [0.29, 0.717) is 19.8 Å². The van der Waals surface area contributed by atoms with Gasteiger partial charge < -0.3 is 15.2 Å². The van der Waals surface area contributed by atoms with Crippen molar-refractivity contribution in [2.24, 2.45) is 0 Å². The van der Waals surface area contributed by atoms with Crippen LogP contribution >= 0.6 is 0 Å². The number of carbonyl (C=O) groups is 1. The minimum Gasteiger partial charge on any atom is -0.387 e. The van der Waals surface area contributed by atoms with Gasteiger partial charge in [-0.25, -0.2) is 0 Å². The Hall–Kier alpha value is -1.43. The Balaban J connectivity index is 1.79. The van der Waals surface area contributed by atoms with Crippen LogP contribution in [-0.2, 0) is 14.9 Å². The largest absolute Gasteiger partial charge is 0.387 e. The zero-order valence-electron chi connectivity index (χ0n) is 14.3. The van der Waals surface area contributed by atoms with Crippen LogP contribution in [-0.4, -0.2) is 55.3 Å². The van der Waals surface area contributed by atoms with Crippen molar-refractivity contribution < 1.29 is 14.6 Å². The highest BCUT2D eigenvalue weighted by Crippen LogP contribution is 2.23. The zero-order chi connectivity index (χ0) is 16.9. The number of nitrogens with zero attached hydrogens (tertiary/aromatic N) is 1. The quantitative estimate of drug-likeness (QED) is 0.862. The minimum absolute atomic E-state index is 0.0581. The first-order chi connectivity index (χ1) is 10.9. The second-order valence-corrected chi connectivity index (χ2v) is 7.08. The van der Waals surface area contributed by atoms with Gasteiger partial charge in [-0.15, -0.1) is 0 Å².